The monoisotopic (exact) mass is 1960 g/mol. The number of amides is 6. The van der Waals surface area contributed by atoms with Crippen LogP contribution in [0.3, 0.4) is 0 Å². The first-order chi connectivity index (χ1) is 59.6. The van der Waals surface area contributed by atoms with Gasteiger partial charge in [0, 0.05) is 129 Å². The highest BCUT2D eigenvalue weighted by Gasteiger charge is 2.41. The number of alkyl halides is 3. The fourth-order valence-electron chi connectivity index (χ4n) is 13.0. The molecule has 718 valence electrons. The molecule has 0 aromatic heterocycles. The summed E-state index contributed by atoms with van der Waals surface area (Å²) in [5, 5.41) is 23.7. The Balaban J connectivity index is 0.000000405. The van der Waals surface area contributed by atoms with E-state index in [4.69, 9.17) is 31.4 Å². The Hall–Kier alpha value is -9.62. The van der Waals surface area contributed by atoms with Gasteiger partial charge in [-0.3, -0.25) is 33.6 Å². The highest BCUT2D eigenvalue weighted by molar-refractivity contribution is 8.01. The summed E-state index contributed by atoms with van der Waals surface area (Å²) in [5.74, 6) is -15.0. The van der Waals surface area contributed by atoms with Gasteiger partial charge in [0.15, 0.2) is 51.0 Å². The summed E-state index contributed by atoms with van der Waals surface area (Å²) in [6.07, 6.45) is -6.11. The van der Waals surface area contributed by atoms with Gasteiger partial charge in [-0.15, -0.1) is 72.5 Å². The van der Waals surface area contributed by atoms with Crippen molar-refractivity contribution in [3.8, 4) is 0 Å². The van der Waals surface area contributed by atoms with Gasteiger partial charge < -0.3 is 83.1 Å². The van der Waals surface area contributed by atoms with Crippen LogP contribution in [0.2, 0.25) is 0 Å². The van der Waals surface area contributed by atoms with Gasteiger partial charge in [-0.05, 0) is 146 Å². The summed E-state index contributed by atoms with van der Waals surface area (Å²) in [6.45, 7) is 16.2. The molecule has 3 saturated heterocycles. The number of esters is 3. The van der Waals surface area contributed by atoms with E-state index < -0.39 is 176 Å². The van der Waals surface area contributed by atoms with Crippen molar-refractivity contribution < 1.29 is 120 Å². The van der Waals surface area contributed by atoms with Gasteiger partial charge >= 0.3 is 30.1 Å². The molecular weight excluding hydrogens is 1860 g/mol. The van der Waals surface area contributed by atoms with E-state index in [2.05, 4.69) is 31.9 Å². The van der Waals surface area contributed by atoms with Crippen LogP contribution >= 0.6 is 72.5 Å². The number of carbonyl (C=O) groups is 10. The molecule has 3 fully saturated rings. The molecule has 9 rings (SSSR count). The number of carbonyl (C=O) groups excluding carboxylic acids is 9. The van der Waals surface area contributed by atoms with Gasteiger partial charge in [0.2, 0.25) is 24.5 Å². The van der Waals surface area contributed by atoms with Crippen molar-refractivity contribution in [3.63, 3.8) is 0 Å². The third kappa shape index (κ3) is 33.6. The van der Waals surface area contributed by atoms with Gasteiger partial charge in [-0.25, -0.2) is 53.9 Å². The van der Waals surface area contributed by atoms with Crippen LogP contribution in [0, 0.1) is 75.5 Å². The number of thioether (sulfide) groups is 3. The minimum Gasteiger partial charge on any atom is -0.480 e. The zero-order valence-corrected chi connectivity index (χ0v) is 77.3. The van der Waals surface area contributed by atoms with Crippen LogP contribution in [0.4, 0.5) is 69.7 Å². The number of halogens is 15. The molecule has 6 amide bonds. The van der Waals surface area contributed by atoms with E-state index in [1.165, 1.54) is 51.4 Å². The lowest BCUT2D eigenvalue weighted by Gasteiger charge is -2.25. The molecule has 26 nitrogen and oxygen atoms in total. The van der Waals surface area contributed by atoms with E-state index in [0.717, 1.165) is 52.8 Å². The Morgan fingerprint density at radius 2 is 0.754 bits per heavy atom. The molecular formula is C86H107Cl3F12N12O14S3. The number of methoxy groups -OCH3 is 1. The maximum absolute atomic E-state index is 14.0. The third-order valence-electron chi connectivity index (χ3n) is 20.0. The largest absolute Gasteiger partial charge is 0.480 e. The number of nitrogens with two attached hydrogens (primary N) is 3. The molecule has 44 heteroatoms. The molecule has 6 aromatic rings. The summed E-state index contributed by atoms with van der Waals surface area (Å²) in [7, 11) is 1.34. The zero-order valence-electron chi connectivity index (χ0n) is 72.4. The predicted molar refractivity (Wildman–Crippen MR) is 476 cm³/mol. The van der Waals surface area contributed by atoms with Crippen molar-refractivity contribution >= 4 is 149 Å². The van der Waals surface area contributed by atoms with Crippen molar-refractivity contribution in [1.29, 1.82) is 0 Å². The number of nitrogens with zero attached hydrogens (tertiary/aromatic N) is 3. The number of rotatable bonds is 35. The molecule has 13 N–H and O–H groups in total. The molecule has 130 heavy (non-hydrogen) atoms. The molecule has 3 aliphatic rings. The number of nitrogens with one attached hydrogen (secondary N) is 6. The number of hydrogen-bond acceptors (Lipinski definition) is 22. The van der Waals surface area contributed by atoms with Gasteiger partial charge in [-0.1, -0.05) is 71.9 Å². The summed E-state index contributed by atoms with van der Waals surface area (Å²) < 4.78 is 178. The van der Waals surface area contributed by atoms with E-state index >= 15 is 0 Å². The Labute approximate surface area is 775 Å². The lowest BCUT2D eigenvalue weighted by atomic mass is 9.98. The number of carboxylic acids is 1. The second-order valence-electron chi connectivity index (χ2n) is 32.2. The van der Waals surface area contributed by atoms with E-state index in [9.17, 15) is 106 Å². The van der Waals surface area contributed by atoms with E-state index in [-0.39, 0.29) is 160 Å². The first-order valence-electron chi connectivity index (χ1n) is 40.2. The molecule has 9 atom stereocenters. The van der Waals surface area contributed by atoms with Crippen LogP contribution in [0.5, 0.6) is 0 Å². The number of hydrogen-bond donors (Lipinski definition) is 10. The second-order valence-corrected chi connectivity index (χ2v) is 35.7. The first-order valence-corrected chi connectivity index (χ1v) is 43.3. The van der Waals surface area contributed by atoms with Crippen LogP contribution in [0.25, 0.3) is 0 Å². The molecule has 0 spiro atoms. The minimum atomic E-state index is -4.81. The van der Waals surface area contributed by atoms with Gasteiger partial charge in [-0.2, -0.15) is 13.2 Å². The molecule has 0 unspecified atom stereocenters. The maximum Gasteiger partial charge on any atom is 0.418 e. The van der Waals surface area contributed by atoms with Gasteiger partial charge in [0.05, 0.1) is 18.1 Å². The van der Waals surface area contributed by atoms with Crippen LogP contribution in [-0.4, -0.2) is 182 Å². The normalized spacial score (nSPS) is 16.1. The van der Waals surface area contributed by atoms with Crippen molar-refractivity contribution in [2.24, 2.45) is 40.4 Å². The number of benzene rings is 6. The molecule has 3 aliphatic heterocycles. The van der Waals surface area contributed by atoms with Crippen LogP contribution < -0.4 is 49.1 Å². The van der Waals surface area contributed by atoms with Gasteiger partial charge in [0.25, 0.3) is 17.7 Å². The highest BCUT2D eigenvalue weighted by Crippen LogP contribution is 2.37. The number of aliphatic carboxylic acids is 1. The zero-order chi connectivity index (χ0) is 94.2. The van der Waals surface area contributed by atoms with Crippen molar-refractivity contribution in [3.05, 3.63) is 194 Å². The quantitative estimate of drug-likeness (QED) is 0.00764. The molecule has 0 radical (unpaired) electrons. The smallest absolute Gasteiger partial charge is 0.418 e. The molecule has 3 heterocycles. The molecule has 6 aromatic carbocycles. The summed E-state index contributed by atoms with van der Waals surface area (Å²) in [4.78, 5) is 129. The summed E-state index contributed by atoms with van der Waals surface area (Å²) >= 11 is 3.76. The van der Waals surface area contributed by atoms with Crippen molar-refractivity contribution in [2.75, 3.05) is 66.7 Å². The van der Waals surface area contributed by atoms with E-state index in [0.29, 0.717) is 60.3 Å². The number of ether oxygens (including phenoxy) is 3. The molecule has 0 aliphatic carbocycles. The van der Waals surface area contributed by atoms with E-state index in [1.54, 1.807) is 71.0 Å². The standard InChI is InChI=1S/C32H41F3N4O6S.C27H30F6N4O4S.C27H33F3N4O4S.3ClH/c1-18(2)27(30(42)44-17-45-31(43)32(3,4)5)38-22-8-6-19(7-9-22)16-37-28(41)29-39(10-11-46-29)26(40)14-21(36)12-20-13-24(34)25(35)15-23(20)33;1-13(2)23(26(40)41)36-21-4-3-14(7-17(21)27(31,32)33)12-35-24(39)25-37(5-6-42-25)22(38)10-16(34)8-15-9-19(29)20(30)11-18(15)28;1-15(2)24(27(37)38-3)33-19-6-4-16(5-7-19)14-32-25(36)26-34(8-9-39-26)23(35)12-18(31)10-17-11-21(29)22(30)13-20(17)28;;;/h6-9,13,15,18,21,27,29,38H,10-12,14,16-17,36H2,1-5H3,(H,37,41);3-4,7,9,11,13,16,23,25,36H,5-6,8,10,12,34H2,1-2H3,(H,35,39)(H,40,41);4-7,11,13,15,18,24,26,33H,8-10,12,14,31H2,1-3H3,(H,32,36);3*1H/t21-,27-,29+;16-,23-,25+;18-,24-,26+;;;/m111.../s1. The fraction of sp³-hybridized carbons (Fsp3) is 0.465. The third-order valence-corrected chi connectivity index (χ3v) is 23.6. The number of carboxylic acid groups (broad SMARTS) is 1. The van der Waals surface area contributed by atoms with E-state index in [1.807, 2.05) is 39.8 Å². The lowest BCUT2D eigenvalue weighted by Crippen LogP contribution is -2.46. The topological polar surface area (TPSA) is 379 Å². The van der Waals surface area contributed by atoms with Crippen molar-refractivity contribution in [1.82, 2.24) is 30.7 Å². The maximum atomic E-state index is 14.0. The average molecular weight is 1960 g/mol. The van der Waals surface area contributed by atoms with Gasteiger partial charge in [0.1, 0.15) is 35.6 Å². The van der Waals surface area contributed by atoms with Crippen LogP contribution in [0.15, 0.2) is 103 Å². The lowest BCUT2D eigenvalue weighted by molar-refractivity contribution is -0.174. The summed E-state index contributed by atoms with van der Waals surface area (Å²) in [6, 6.07) is 15.8. The number of anilines is 3. The highest BCUT2D eigenvalue weighted by atomic mass is 35.5. The average Bonchev–Trinajstić information content (AvgIpc) is 1.01. The SMILES string of the molecule is CC(C)[C@@H](Nc1ccc(CNC(=O)[C@@H]2SCCN2C(=O)C[C@H](N)Cc2cc(F)c(F)cc2F)cc1)C(=O)OCOC(=O)C(C)(C)C.CC(C)[C@@H](Nc1ccc(CNC(=O)[C@@H]2SCCN2C(=O)C[C@H](N)Cc2cc(F)c(F)cc2F)cc1C(F)(F)F)C(=O)O.COC(=O)[C@H](Nc1ccc(CNC(=O)[C@@H]2SCCN2C(=O)C[C@H](N)Cc2cc(F)c(F)cc2F)cc1)C(C)C.Cl.Cl.Cl. The molecule has 0 bridgehead atoms. The minimum absolute atomic E-state index is 0. The van der Waals surface area contributed by atoms with Crippen LogP contribution in [0.1, 0.15) is 121 Å². The Bertz CT molecular complexity index is 4870. The Kier molecular flexibility index (Phi) is 45.1. The Morgan fingerprint density at radius 3 is 1.06 bits per heavy atom. The predicted octanol–water partition coefficient (Wildman–Crippen LogP) is 12.7. The van der Waals surface area contributed by atoms with Crippen molar-refractivity contribution in [2.45, 2.75) is 179 Å². The summed E-state index contributed by atoms with van der Waals surface area (Å²) in [5.41, 5.74) is 18.3. The fourth-order valence-corrected chi connectivity index (χ4v) is 16.5. The Morgan fingerprint density at radius 1 is 0.438 bits per heavy atom. The molecule has 0 saturated carbocycles. The van der Waals surface area contributed by atoms with Crippen LogP contribution in [-0.2, 0) is 107 Å². The second kappa shape index (κ2) is 52.0. The first kappa shape index (κ1) is 113.